The molecule has 0 aliphatic heterocycles. The second kappa shape index (κ2) is 12.4. The molecule has 0 aliphatic carbocycles. The van der Waals surface area contributed by atoms with Gasteiger partial charge >= 0.3 is 0 Å². The molecule has 0 saturated carbocycles. The third-order valence-electron chi connectivity index (χ3n) is 5.66. The summed E-state index contributed by atoms with van der Waals surface area (Å²) in [6, 6.07) is 19.5. The largest absolute Gasteiger partial charge is 0.493 e. The Balaban J connectivity index is 2.34. The second-order valence-electron chi connectivity index (χ2n) is 8.21. The number of benzene rings is 3. The molecule has 0 heterocycles. The minimum Gasteiger partial charge on any atom is -0.493 e. The van der Waals surface area contributed by atoms with E-state index in [0.717, 1.165) is 11.8 Å². The molecule has 3 aromatic rings. The predicted molar refractivity (Wildman–Crippen MR) is 140 cm³/mol. The number of amides is 2. The Morgan fingerprint density at radius 2 is 1.57 bits per heavy atom. The van der Waals surface area contributed by atoms with E-state index >= 15 is 0 Å². The number of aliphatic hydroxyl groups excluding tert-OH is 1. The number of methoxy groups -OCH3 is 2. The van der Waals surface area contributed by atoms with Gasteiger partial charge in [0.15, 0.2) is 26.6 Å². The predicted octanol–water partition coefficient (Wildman–Crippen LogP) is 2.49. The average molecular weight is 527 g/mol. The van der Waals surface area contributed by atoms with Crippen molar-refractivity contribution in [2.45, 2.75) is 11.8 Å². The van der Waals surface area contributed by atoms with Gasteiger partial charge in [0.1, 0.15) is 0 Å². The summed E-state index contributed by atoms with van der Waals surface area (Å²) in [4.78, 5) is 27.0. The summed E-state index contributed by atoms with van der Waals surface area (Å²) in [6.07, 6.45) is 0.924. The van der Waals surface area contributed by atoms with Gasteiger partial charge in [-0.2, -0.15) is 0 Å². The minimum atomic E-state index is -4.12. The van der Waals surface area contributed by atoms with E-state index in [1.54, 1.807) is 36.4 Å². The van der Waals surface area contributed by atoms with Gasteiger partial charge in [-0.05, 0) is 22.8 Å². The topological polar surface area (TPSA) is 131 Å². The number of ether oxygens (including phenoxy) is 2. The molecule has 3 N–H and O–H groups in total. The van der Waals surface area contributed by atoms with Crippen LogP contribution in [-0.2, 0) is 21.2 Å². The quantitative estimate of drug-likeness (QED) is 0.350. The number of nitrogens with one attached hydrogen (secondary N) is 2. The Hall–Kier alpha value is -3.89. The second-order valence-corrected chi connectivity index (χ2v) is 10.3. The van der Waals surface area contributed by atoms with Crippen molar-refractivity contribution in [2.24, 2.45) is 0 Å². The van der Waals surface area contributed by atoms with Crippen LogP contribution >= 0.6 is 0 Å². The molecule has 3 aromatic carbocycles. The molecule has 196 valence electrons. The first kappa shape index (κ1) is 27.7. The van der Waals surface area contributed by atoms with Crippen LogP contribution in [0.4, 0.5) is 0 Å². The van der Waals surface area contributed by atoms with Gasteiger partial charge in [-0.15, -0.1) is 0 Å². The number of aliphatic hydroxyl groups is 1. The number of rotatable bonds is 11. The lowest BCUT2D eigenvalue weighted by atomic mass is 9.90. The molecule has 9 nitrogen and oxygen atoms in total. The van der Waals surface area contributed by atoms with Crippen molar-refractivity contribution in [3.63, 3.8) is 0 Å². The summed E-state index contributed by atoms with van der Waals surface area (Å²) in [7, 11) is -1.38. The van der Waals surface area contributed by atoms with E-state index in [0.29, 0.717) is 11.1 Å². The fraction of sp³-hybridized carbons (Fsp3) is 0.259. The first-order chi connectivity index (χ1) is 17.7. The Labute approximate surface area is 216 Å². The fourth-order valence-electron chi connectivity index (χ4n) is 4.04. The van der Waals surface area contributed by atoms with Gasteiger partial charge < -0.3 is 25.2 Å². The standard InChI is InChI=1S/C27H30N2O7S/c1-35-21-16-20(19-12-8-5-9-13-19)22(25(37(3,33)34)27(32)28-14-15-30)23(24(21)36-2)26(31)29-17-18-10-6-4-7-11-18/h4-13,16,25,30H,14-15,17H2,1-3H3,(H,28,32)(H,29,31). The highest BCUT2D eigenvalue weighted by molar-refractivity contribution is 7.91. The summed E-state index contributed by atoms with van der Waals surface area (Å²) in [5.41, 5.74) is 1.53. The Morgan fingerprint density at radius 3 is 2.11 bits per heavy atom. The first-order valence-electron chi connectivity index (χ1n) is 11.5. The first-order valence-corrected chi connectivity index (χ1v) is 13.4. The van der Waals surface area contributed by atoms with Crippen LogP contribution in [0.3, 0.4) is 0 Å². The van der Waals surface area contributed by atoms with E-state index in [-0.39, 0.29) is 42.3 Å². The lowest BCUT2D eigenvalue weighted by molar-refractivity contribution is -0.120. The van der Waals surface area contributed by atoms with E-state index in [1.807, 2.05) is 30.3 Å². The highest BCUT2D eigenvalue weighted by Gasteiger charge is 2.39. The van der Waals surface area contributed by atoms with Crippen LogP contribution in [0.1, 0.15) is 26.7 Å². The summed E-state index contributed by atoms with van der Waals surface area (Å²) in [5.74, 6) is -1.34. The highest BCUT2D eigenvalue weighted by atomic mass is 32.2. The molecule has 0 fully saturated rings. The third-order valence-corrected chi connectivity index (χ3v) is 6.96. The third kappa shape index (κ3) is 6.46. The highest BCUT2D eigenvalue weighted by Crippen LogP contribution is 2.44. The van der Waals surface area contributed by atoms with Crippen LogP contribution in [-0.4, -0.2) is 59.0 Å². The van der Waals surface area contributed by atoms with Crippen molar-refractivity contribution in [1.29, 1.82) is 0 Å². The van der Waals surface area contributed by atoms with Gasteiger partial charge in [-0.1, -0.05) is 60.7 Å². The summed E-state index contributed by atoms with van der Waals surface area (Å²) in [6.45, 7) is -0.390. The molecule has 1 atom stereocenters. The van der Waals surface area contributed by atoms with Crippen LogP contribution in [0.25, 0.3) is 11.1 Å². The lowest BCUT2D eigenvalue weighted by Crippen LogP contribution is -2.37. The summed E-state index contributed by atoms with van der Waals surface area (Å²) >= 11 is 0. The average Bonchev–Trinajstić information content (AvgIpc) is 2.90. The molecule has 37 heavy (non-hydrogen) atoms. The monoisotopic (exact) mass is 526 g/mol. The van der Waals surface area contributed by atoms with Gasteiger partial charge in [-0.3, -0.25) is 9.59 Å². The Kier molecular flexibility index (Phi) is 9.26. The molecule has 0 spiro atoms. The number of hydrogen-bond donors (Lipinski definition) is 3. The molecule has 0 aliphatic rings. The normalized spacial score (nSPS) is 11.9. The molecule has 3 rings (SSSR count). The molecular weight excluding hydrogens is 496 g/mol. The van der Waals surface area contributed by atoms with Gasteiger partial charge in [0.25, 0.3) is 5.91 Å². The van der Waals surface area contributed by atoms with Gasteiger partial charge in [-0.25, -0.2) is 8.42 Å². The van der Waals surface area contributed by atoms with Crippen molar-refractivity contribution < 1.29 is 32.6 Å². The van der Waals surface area contributed by atoms with Gasteiger partial charge in [0, 0.05) is 24.9 Å². The lowest BCUT2D eigenvalue weighted by Gasteiger charge is -2.25. The van der Waals surface area contributed by atoms with Crippen LogP contribution < -0.4 is 20.1 Å². The smallest absolute Gasteiger partial charge is 0.255 e. The van der Waals surface area contributed by atoms with E-state index in [4.69, 9.17) is 9.47 Å². The summed E-state index contributed by atoms with van der Waals surface area (Å²) in [5, 5.41) is 12.7. The van der Waals surface area contributed by atoms with E-state index < -0.39 is 26.9 Å². The van der Waals surface area contributed by atoms with Crippen LogP contribution in [0.2, 0.25) is 0 Å². The molecule has 0 saturated heterocycles. The van der Waals surface area contributed by atoms with E-state index in [2.05, 4.69) is 10.6 Å². The SMILES string of the molecule is COc1cc(-c2ccccc2)c(C(C(=O)NCCO)S(C)(=O)=O)c(C(=O)NCc2ccccc2)c1OC. The number of hydrogen-bond acceptors (Lipinski definition) is 7. The van der Waals surface area contributed by atoms with Crippen molar-refractivity contribution in [1.82, 2.24) is 10.6 Å². The molecule has 1 unspecified atom stereocenters. The number of carbonyl (C=O) groups excluding carboxylic acids is 2. The zero-order chi connectivity index (χ0) is 27.0. The van der Waals surface area contributed by atoms with Crippen LogP contribution in [0.5, 0.6) is 11.5 Å². The maximum absolute atomic E-state index is 13.7. The van der Waals surface area contributed by atoms with E-state index in [1.165, 1.54) is 14.2 Å². The summed E-state index contributed by atoms with van der Waals surface area (Å²) < 4.78 is 37.3. The van der Waals surface area contributed by atoms with Crippen LogP contribution in [0.15, 0.2) is 66.7 Å². The van der Waals surface area contributed by atoms with Crippen molar-refractivity contribution in [2.75, 3.05) is 33.6 Å². The maximum Gasteiger partial charge on any atom is 0.255 e. The maximum atomic E-state index is 13.7. The zero-order valence-corrected chi connectivity index (χ0v) is 21.7. The number of carbonyl (C=O) groups is 2. The van der Waals surface area contributed by atoms with Gasteiger partial charge in [0.2, 0.25) is 5.91 Å². The van der Waals surface area contributed by atoms with Gasteiger partial charge in [0.05, 0.1) is 26.4 Å². The molecular formula is C27H30N2O7S. The molecule has 0 aromatic heterocycles. The Bertz CT molecular complexity index is 1340. The minimum absolute atomic E-state index is 0.00801. The Morgan fingerprint density at radius 1 is 0.946 bits per heavy atom. The number of sulfone groups is 1. The fourth-order valence-corrected chi connectivity index (χ4v) is 5.19. The molecule has 10 heteroatoms. The molecule has 0 radical (unpaired) electrons. The van der Waals surface area contributed by atoms with Crippen LogP contribution in [0, 0.1) is 0 Å². The molecule has 2 amide bonds. The van der Waals surface area contributed by atoms with Crippen molar-refractivity contribution in [3.05, 3.63) is 83.4 Å². The molecule has 0 bridgehead atoms. The zero-order valence-electron chi connectivity index (χ0n) is 20.9. The van der Waals surface area contributed by atoms with Crippen molar-refractivity contribution in [3.8, 4) is 22.6 Å². The van der Waals surface area contributed by atoms with Crippen molar-refractivity contribution >= 4 is 21.7 Å². The van der Waals surface area contributed by atoms with E-state index in [9.17, 15) is 23.1 Å².